The van der Waals surface area contributed by atoms with Crippen LogP contribution in [0.25, 0.3) is 0 Å². The van der Waals surface area contributed by atoms with Crippen LogP contribution < -0.4 is 0 Å². The molecule has 278 valence electrons. The number of aromatic carboxylic acids is 1. The molecule has 4 heterocycles. The van der Waals surface area contributed by atoms with E-state index in [0.717, 1.165) is 39.8 Å². The van der Waals surface area contributed by atoms with Crippen LogP contribution in [0.15, 0.2) is 113 Å². The molecule has 11 nitrogen and oxygen atoms in total. The SMILES string of the molecule is CC(C)(C)C1=NN(/C(=N/c2nnc(C(C)(C)C)s2)N(CCc2ccccn2)CCc2ccccn2)C(c2cccc(O)c2)S1.O=C(O)c1ccccc1.[Zn]. The topological polar surface area (TPSA) is 140 Å². The smallest absolute Gasteiger partial charge is 0.335 e. The molecule has 2 aromatic carbocycles. The number of hydrogen-bond acceptors (Lipinski definition) is 10. The summed E-state index contributed by atoms with van der Waals surface area (Å²) in [6.07, 6.45) is 5.09. The maximum atomic E-state index is 10.4. The molecule has 54 heavy (non-hydrogen) atoms. The van der Waals surface area contributed by atoms with Gasteiger partial charge in [-0.1, -0.05) is 107 Å². The van der Waals surface area contributed by atoms with Gasteiger partial charge < -0.3 is 15.1 Å². The Morgan fingerprint density at radius 3 is 1.91 bits per heavy atom. The Labute approximate surface area is 338 Å². The number of carboxylic acids is 1. The summed E-state index contributed by atoms with van der Waals surface area (Å²) in [7, 11) is 0. The molecular weight excluding hydrogens is 770 g/mol. The summed E-state index contributed by atoms with van der Waals surface area (Å²) >= 11 is 3.18. The normalized spacial score (nSPS) is 14.4. The first-order valence-corrected chi connectivity index (χ1v) is 19.1. The van der Waals surface area contributed by atoms with Crippen molar-refractivity contribution >= 4 is 45.2 Å². The molecular formula is C40H46N8O3S2Zn. The fourth-order valence-corrected chi connectivity index (χ4v) is 7.09. The molecule has 1 unspecified atom stereocenters. The molecule has 0 radical (unpaired) electrons. The van der Waals surface area contributed by atoms with Crippen LogP contribution in [0.1, 0.15) is 79.2 Å². The van der Waals surface area contributed by atoms with Crippen molar-refractivity contribution in [3.05, 3.63) is 131 Å². The van der Waals surface area contributed by atoms with Crippen LogP contribution in [0.3, 0.4) is 0 Å². The van der Waals surface area contributed by atoms with Crippen molar-refractivity contribution < 1.29 is 34.5 Å². The van der Waals surface area contributed by atoms with E-state index in [0.29, 0.717) is 29.7 Å². The molecule has 0 saturated heterocycles. The summed E-state index contributed by atoms with van der Waals surface area (Å²) in [5.74, 6) is 0.0102. The Morgan fingerprint density at radius 1 is 0.815 bits per heavy atom. The molecule has 6 rings (SSSR count). The van der Waals surface area contributed by atoms with Gasteiger partial charge in [-0.3, -0.25) is 9.97 Å². The van der Waals surface area contributed by atoms with Crippen molar-refractivity contribution in [1.29, 1.82) is 0 Å². The minimum Gasteiger partial charge on any atom is -0.508 e. The molecule has 1 atom stereocenters. The zero-order valence-electron chi connectivity index (χ0n) is 31.6. The van der Waals surface area contributed by atoms with Crippen LogP contribution in [0, 0.1) is 5.41 Å². The standard InChI is InChI=1S/C33H40N8OS2.C7H6O2.Zn/c1-32(2,3)28-37-38-30(44-28)36-31(41-27(23-12-11-15-26(42)22-23)43-29(39-41)33(4,5)6)40(20-16-24-13-7-9-18-34-24)21-17-25-14-8-10-19-35-25;8-7(9)6-4-2-1-3-5-6;/h7-15,18-19,22,27,42H,16-17,20-21H2,1-6H3;1-5H,(H,8,9);/b36-31+;;. The number of carboxylic acid groups (broad SMARTS) is 1. The molecule has 0 aliphatic carbocycles. The van der Waals surface area contributed by atoms with Crippen LogP contribution in [0.5, 0.6) is 5.75 Å². The van der Waals surface area contributed by atoms with Crippen molar-refractivity contribution in [3.8, 4) is 5.75 Å². The molecule has 0 bridgehead atoms. The maximum absolute atomic E-state index is 10.4. The zero-order valence-corrected chi connectivity index (χ0v) is 36.2. The summed E-state index contributed by atoms with van der Waals surface area (Å²) in [5, 5.41) is 37.3. The summed E-state index contributed by atoms with van der Waals surface area (Å²) in [5.41, 5.74) is 2.94. The van der Waals surface area contributed by atoms with Gasteiger partial charge in [-0.2, -0.15) is 10.1 Å². The second-order valence-corrected chi connectivity index (χ2v) is 16.4. The number of aromatic nitrogens is 4. The third-order valence-corrected chi connectivity index (χ3v) is 10.8. The van der Waals surface area contributed by atoms with Gasteiger partial charge in [0.1, 0.15) is 21.2 Å². The molecule has 2 N–H and O–H groups in total. The Hall–Kier alpha value is -4.52. The molecule has 14 heteroatoms. The number of phenolic OH excluding ortho intramolecular Hbond substituents is 1. The third-order valence-electron chi connectivity index (χ3n) is 7.93. The number of pyridine rings is 2. The molecule has 0 fully saturated rings. The number of nitrogens with zero attached hydrogens (tertiary/aromatic N) is 8. The first-order valence-electron chi connectivity index (χ1n) is 17.4. The van der Waals surface area contributed by atoms with Gasteiger partial charge in [-0.15, -0.1) is 10.2 Å². The number of hydrogen-bond donors (Lipinski definition) is 2. The van der Waals surface area contributed by atoms with Crippen LogP contribution in [0.4, 0.5) is 5.13 Å². The predicted molar refractivity (Wildman–Crippen MR) is 214 cm³/mol. The van der Waals surface area contributed by atoms with Gasteiger partial charge in [0.2, 0.25) is 11.1 Å². The summed E-state index contributed by atoms with van der Waals surface area (Å²) in [6.45, 7) is 14.2. The average molecular weight is 816 g/mol. The van der Waals surface area contributed by atoms with Gasteiger partial charge >= 0.3 is 5.97 Å². The van der Waals surface area contributed by atoms with Crippen LogP contribution in [-0.2, 0) is 37.7 Å². The quantitative estimate of drug-likeness (QED) is 0.0845. The minimum absolute atomic E-state index is 0. The number of benzene rings is 2. The summed E-state index contributed by atoms with van der Waals surface area (Å²) in [6, 6.07) is 27.7. The van der Waals surface area contributed by atoms with E-state index in [9.17, 15) is 9.90 Å². The van der Waals surface area contributed by atoms with E-state index in [4.69, 9.17) is 15.2 Å². The zero-order chi connectivity index (χ0) is 38.0. The van der Waals surface area contributed by atoms with Crippen molar-refractivity contribution in [2.75, 3.05) is 13.1 Å². The number of guanidine groups is 1. The molecule has 5 aromatic rings. The van der Waals surface area contributed by atoms with Crippen LogP contribution in [-0.4, -0.2) is 70.3 Å². The first-order chi connectivity index (χ1) is 25.3. The number of phenols is 1. The number of rotatable bonds is 9. The van der Waals surface area contributed by atoms with Gasteiger partial charge in [0, 0.05) is 80.0 Å². The van der Waals surface area contributed by atoms with Crippen LogP contribution in [0.2, 0.25) is 0 Å². The largest absolute Gasteiger partial charge is 0.508 e. The monoisotopic (exact) mass is 814 g/mol. The van der Waals surface area contributed by atoms with Crippen molar-refractivity contribution in [2.24, 2.45) is 15.5 Å². The molecule has 0 saturated carbocycles. The van der Waals surface area contributed by atoms with Gasteiger partial charge in [-0.25, -0.2) is 9.80 Å². The van der Waals surface area contributed by atoms with Gasteiger partial charge in [0.25, 0.3) is 0 Å². The molecule has 0 spiro atoms. The Kier molecular flexibility index (Phi) is 15.0. The number of aliphatic imine (C=N–C) groups is 1. The maximum Gasteiger partial charge on any atom is 0.335 e. The van der Waals surface area contributed by atoms with E-state index < -0.39 is 5.97 Å². The number of hydrazone groups is 1. The number of aromatic hydroxyl groups is 1. The number of thioether (sulfide) groups is 1. The van der Waals surface area contributed by atoms with Crippen molar-refractivity contribution in [2.45, 2.75) is 65.2 Å². The fraction of sp³-hybridized carbons (Fsp3) is 0.325. The third kappa shape index (κ3) is 12.0. The summed E-state index contributed by atoms with van der Waals surface area (Å²) < 4.78 is 0. The van der Waals surface area contributed by atoms with E-state index in [1.54, 1.807) is 54.2 Å². The second kappa shape index (κ2) is 19.2. The van der Waals surface area contributed by atoms with E-state index in [-0.39, 0.29) is 41.4 Å². The Balaban J connectivity index is 0.000000570. The van der Waals surface area contributed by atoms with E-state index in [1.807, 2.05) is 65.9 Å². The first kappa shape index (κ1) is 42.2. The van der Waals surface area contributed by atoms with E-state index >= 15 is 0 Å². The van der Waals surface area contributed by atoms with Crippen molar-refractivity contribution in [3.63, 3.8) is 0 Å². The molecule has 1 aliphatic rings. The Bertz CT molecular complexity index is 1960. The Morgan fingerprint density at radius 2 is 1.43 bits per heavy atom. The minimum atomic E-state index is -0.879. The fourth-order valence-electron chi connectivity index (χ4n) is 5.09. The summed E-state index contributed by atoms with van der Waals surface area (Å²) in [4.78, 5) is 26.8. The molecule has 0 amide bonds. The molecule has 3 aromatic heterocycles. The van der Waals surface area contributed by atoms with E-state index in [1.165, 1.54) is 11.3 Å². The van der Waals surface area contributed by atoms with Crippen molar-refractivity contribution in [1.82, 2.24) is 30.1 Å². The van der Waals surface area contributed by atoms with Gasteiger partial charge in [0.15, 0.2) is 0 Å². The predicted octanol–water partition coefficient (Wildman–Crippen LogP) is 8.60. The second-order valence-electron chi connectivity index (χ2n) is 14.4. The number of carbonyl (C=O) groups is 1. The van der Waals surface area contributed by atoms with Gasteiger partial charge in [0.05, 0.1) is 5.56 Å². The average Bonchev–Trinajstić information content (AvgIpc) is 3.81. The van der Waals surface area contributed by atoms with Crippen LogP contribution >= 0.6 is 23.1 Å². The van der Waals surface area contributed by atoms with E-state index in [2.05, 4.69) is 66.6 Å². The molecule has 1 aliphatic heterocycles. The van der Waals surface area contributed by atoms with Gasteiger partial charge in [-0.05, 0) is 54.1 Å².